The molecule has 0 saturated carbocycles. The molecule has 1 amide bonds. The quantitative estimate of drug-likeness (QED) is 0.533. The molecule has 0 aliphatic heterocycles. The van der Waals surface area contributed by atoms with E-state index >= 15 is 0 Å². The molecule has 0 spiro atoms. The number of rotatable bonds is 2. The van der Waals surface area contributed by atoms with Gasteiger partial charge in [0, 0.05) is 20.2 Å². The molecule has 4 heteroatoms. The molecule has 0 aromatic rings. The van der Waals surface area contributed by atoms with Gasteiger partial charge >= 0.3 is 5.97 Å². The van der Waals surface area contributed by atoms with Crippen molar-refractivity contribution < 1.29 is 14.3 Å². The zero-order valence-electron chi connectivity index (χ0n) is 10.7. The Morgan fingerprint density at radius 3 is 1.62 bits per heavy atom. The van der Waals surface area contributed by atoms with Crippen LogP contribution in [-0.4, -0.2) is 36.5 Å². The van der Waals surface area contributed by atoms with E-state index in [-0.39, 0.29) is 11.9 Å². The van der Waals surface area contributed by atoms with Crippen LogP contribution in [0.2, 0.25) is 0 Å². The molecule has 0 aliphatic carbocycles. The van der Waals surface area contributed by atoms with Crippen LogP contribution in [-0.2, 0) is 14.3 Å². The molecular formula is C12H21NO3. The van der Waals surface area contributed by atoms with E-state index in [0.29, 0.717) is 0 Å². The molecule has 0 radical (unpaired) electrons. The second kappa shape index (κ2) is 7.68. The summed E-state index contributed by atoms with van der Waals surface area (Å²) < 4.78 is 4.83. The zero-order chi connectivity index (χ0) is 13.4. The molecule has 0 unspecified atom stereocenters. The lowest BCUT2D eigenvalue weighted by atomic mass is 10.2. The van der Waals surface area contributed by atoms with Crippen LogP contribution in [0.1, 0.15) is 20.8 Å². The van der Waals surface area contributed by atoms with Crippen molar-refractivity contribution in [1.29, 1.82) is 0 Å². The Kier molecular flexibility index (Phi) is 8.08. The van der Waals surface area contributed by atoms with Crippen LogP contribution >= 0.6 is 0 Å². The Labute approximate surface area is 97.6 Å². The molecule has 0 fully saturated rings. The van der Waals surface area contributed by atoms with E-state index in [1.807, 2.05) is 20.8 Å². The molecule has 0 aliphatic rings. The third-order valence-corrected chi connectivity index (χ3v) is 1.19. The summed E-state index contributed by atoms with van der Waals surface area (Å²) >= 11 is 0. The topological polar surface area (TPSA) is 46.6 Å². The summed E-state index contributed by atoms with van der Waals surface area (Å²) in [7, 11) is 3.37. The molecule has 0 rings (SSSR count). The van der Waals surface area contributed by atoms with Crippen molar-refractivity contribution >= 4 is 11.9 Å². The maximum atomic E-state index is 10.5. The minimum atomic E-state index is -0.398. The normalized spacial score (nSPS) is 9.31. The Morgan fingerprint density at radius 2 is 1.56 bits per heavy atom. The molecule has 92 valence electrons. The zero-order valence-corrected chi connectivity index (χ0v) is 10.7. The van der Waals surface area contributed by atoms with E-state index in [9.17, 15) is 9.59 Å². The fourth-order valence-corrected chi connectivity index (χ4v) is 0.526. The lowest BCUT2D eigenvalue weighted by molar-refractivity contribution is -0.148. The van der Waals surface area contributed by atoms with Crippen LogP contribution in [0.3, 0.4) is 0 Å². The summed E-state index contributed by atoms with van der Waals surface area (Å²) in [6, 6.07) is 0. The molecular weight excluding hydrogens is 206 g/mol. The summed E-state index contributed by atoms with van der Waals surface area (Å²) in [6.45, 7) is 12.0. The molecule has 0 atom stereocenters. The lowest BCUT2D eigenvalue weighted by Gasteiger charge is -2.17. The maximum absolute atomic E-state index is 10.5. The number of likely N-dealkylation sites (N-methyl/N-ethyl adjacent to an activating group) is 1. The predicted octanol–water partition coefficient (Wildman–Crippen LogP) is 1.77. The van der Waals surface area contributed by atoms with Gasteiger partial charge in [-0.3, -0.25) is 4.79 Å². The summed E-state index contributed by atoms with van der Waals surface area (Å²) in [6.07, 6.45) is 2.44. The van der Waals surface area contributed by atoms with E-state index in [2.05, 4.69) is 13.2 Å². The standard InChI is InChI=1S/C7H12O2.C5H9NO/c1-5-6(8)9-7(2,3)4;1-4-5(7)6(2)3/h5H,1H2,2-4H3;4H,1H2,2-3H3. The van der Waals surface area contributed by atoms with Crippen molar-refractivity contribution in [2.75, 3.05) is 14.1 Å². The number of esters is 1. The summed E-state index contributed by atoms with van der Waals surface area (Å²) in [5.74, 6) is -0.428. The molecule has 16 heavy (non-hydrogen) atoms. The van der Waals surface area contributed by atoms with Crippen molar-refractivity contribution in [3.63, 3.8) is 0 Å². The lowest BCUT2D eigenvalue weighted by Crippen LogP contribution is -2.22. The first-order valence-electron chi connectivity index (χ1n) is 4.83. The highest BCUT2D eigenvalue weighted by Gasteiger charge is 2.12. The van der Waals surface area contributed by atoms with Gasteiger partial charge in [0.05, 0.1) is 0 Å². The second-order valence-electron chi connectivity index (χ2n) is 4.17. The molecule has 0 heterocycles. The van der Waals surface area contributed by atoms with Crippen LogP contribution in [0.25, 0.3) is 0 Å². The van der Waals surface area contributed by atoms with E-state index < -0.39 is 5.60 Å². The first kappa shape index (κ1) is 16.8. The third-order valence-electron chi connectivity index (χ3n) is 1.19. The SMILES string of the molecule is C=CC(=O)N(C)C.C=CC(=O)OC(C)(C)C. The predicted molar refractivity (Wildman–Crippen MR) is 64.9 cm³/mol. The smallest absolute Gasteiger partial charge is 0.330 e. The first-order chi connectivity index (χ1) is 7.14. The largest absolute Gasteiger partial charge is 0.457 e. The van der Waals surface area contributed by atoms with Gasteiger partial charge in [0.25, 0.3) is 0 Å². The van der Waals surface area contributed by atoms with Gasteiger partial charge in [-0.15, -0.1) is 0 Å². The minimum absolute atomic E-state index is 0.0556. The number of amides is 1. The highest BCUT2D eigenvalue weighted by atomic mass is 16.6. The van der Waals surface area contributed by atoms with Crippen molar-refractivity contribution in [3.8, 4) is 0 Å². The van der Waals surface area contributed by atoms with Crippen molar-refractivity contribution in [2.24, 2.45) is 0 Å². The summed E-state index contributed by atoms with van der Waals surface area (Å²) in [5, 5.41) is 0. The number of hydrogen-bond acceptors (Lipinski definition) is 3. The summed E-state index contributed by atoms with van der Waals surface area (Å²) in [4.78, 5) is 22.3. The van der Waals surface area contributed by atoms with Gasteiger partial charge in [-0.1, -0.05) is 13.2 Å². The molecule has 0 N–H and O–H groups in total. The van der Waals surface area contributed by atoms with Crippen LogP contribution in [0.4, 0.5) is 0 Å². The van der Waals surface area contributed by atoms with Gasteiger partial charge in [0.15, 0.2) is 0 Å². The van der Waals surface area contributed by atoms with Crippen LogP contribution in [0.5, 0.6) is 0 Å². The second-order valence-corrected chi connectivity index (χ2v) is 4.17. The first-order valence-corrected chi connectivity index (χ1v) is 4.83. The van der Waals surface area contributed by atoms with E-state index in [4.69, 9.17) is 4.74 Å². The van der Waals surface area contributed by atoms with Crippen LogP contribution in [0.15, 0.2) is 25.3 Å². The monoisotopic (exact) mass is 227 g/mol. The van der Waals surface area contributed by atoms with Crippen LogP contribution in [0, 0.1) is 0 Å². The van der Waals surface area contributed by atoms with Gasteiger partial charge in [-0.05, 0) is 26.8 Å². The number of ether oxygens (including phenoxy) is 1. The minimum Gasteiger partial charge on any atom is -0.457 e. The molecule has 0 aromatic carbocycles. The van der Waals surface area contributed by atoms with E-state index in [1.165, 1.54) is 11.0 Å². The van der Waals surface area contributed by atoms with Gasteiger partial charge in [-0.2, -0.15) is 0 Å². The van der Waals surface area contributed by atoms with Gasteiger partial charge in [0.1, 0.15) is 5.60 Å². The summed E-state index contributed by atoms with van der Waals surface area (Å²) in [5.41, 5.74) is -0.398. The van der Waals surface area contributed by atoms with E-state index in [1.54, 1.807) is 14.1 Å². The fraction of sp³-hybridized carbons (Fsp3) is 0.500. The Bertz CT molecular complexity index is 262. The number of hydrogen-bond donors (Lipinski definition) is 0. The highest BCUT2D eigenvalue weighted by molar-refractivity contribution is 5.86. The van der Waals surface area contributed by atoms with Gasteiger partial charge < -0.3 is 9.64 Å². The number of nitrogens with zero attached hydrogens (tertiary/aromatic N) is 1. The molecule has 0 bridgehead atoms. The van der Waals surface area contributed by atoms with Crippen LogP contribution < -0.4 is 0 Å². The Hall–Kier alpha value is -1.58. The average Bonchev–Trinajstić information content (AvgIpc) is 2.14. The highest BCUT2D eigenvalue weighted by Crippen LogP contribution is 2.06. The van der Waals surface area contributed by atoms with Crippen molar-refractivity contribution in [3.05, 3.63) is 25.3 Å². The number of carbonyl (C=O) groups is 2. The Balaban J connectivity index is 0. The molecule has 4 nitrogen and oxygen atoms in total. The Morgan fingerprint density at radius 1 is 1.12 bits per heavy atom. The fourth-order valence-electron chi connectivity index (χ4n) is 0.526. The van der Waals surface area contributed by atoms with Gasteiger partial charge in [0.2, 0.25) is 5.91 Å². The number of carbonyl (C=O) groups excluding carboxylic acids is 2. The molecule has 0 aromatic heterocycles. The van der Waals surface area contributed by atoms with Crippen molar-refractivity contribution in [2.45, 2.75) is 26.4 Å². The maximum Gasteiger partial charge on any atom is 0.330 e. The van der Waals surface area contributed by atoms with Crippen molar-refractivity contribution in [1.82, 2.24) is 4.90 Å². The third kappa shape index (κ3) is 12.4. The van der Waals surface area contributed by atoms with Gasteiger partial charge in [-0.25, -0.2) is 4.79 Å². The molecule has 0 saturated heterocycles. The average molecular weight is 227 g/mol. The van der Waals surface area contributed by atoms with E-state index in [0.717, 1.165) is 6.08 Å².